The van der Waals surface area contributed by atoms with Crippen LogP contribution in [0.1, 0.15) is 11.1 Å². The average Bonchev–Trinajstić information content (AvgIpc) is 2.58. The molecule has 7 heteroatoms. The van der Waals surface area contributed by atoms with Crippen LogP contribution in [0.2, 0.25) is 0 Å². The number of guanidine groups is 1. The summed E-state index contributed by atoms with van der Waals surface area (Å²) in [7, 11) is -1.94. The Balaban J connectivity index is 1.81. The Morgan fingerprint density at radius 2 is 1.67 bits per heavy atom. The Morgan fingerprint density at radius 3 is 2.25 bits per heavy atom. The first-order chi connectivity index (χ1) is 11.5. The van der Waals surface area contributed by atoms with Crippen molar-refractivity contribution in [3.8, 4) is 0 Å². The van der Waals surface area contributed by atoms with Crippen molar-refractivity contribution < 1.29 is 8.42 Å². The second-order valence-electron chi connectivity index (χ2n) is 5.28. The summed E-state index contributed by atoms with van der Waals surface area (Å²) in [5.41, 5.74) is 2.20. The van der Waals surface area contributed by atoms with Gasteiger partial charge in [-0.05, 0) is 29.7 Å². The molecule has 0 saturated carbocycles. The molecule has 0 unspecified atom stereocenters. The summed E-state index contributed by atoms with van der Waals surface area (Å²) in [6.07, 6.45) is 0.907. The summed E-state index contributed by atoms with van der Waals surface area (Å²) in [5, 5.41) is 11.5. The summed E-state index contributed by atoms with van der Waals surface area (Å²) in [6, 6.07) is 16.7. The molecule has 0 atom stereocenters. The van der Waals surface area contributed by atoms with Gasteiger partial charge in [-0.2, -0.15) is 0 Å². The van der Waals surface area contributed by atoms with E-state index < -0.39 is 10.0 Å². The number of rotatable bonds is 6. The van der Waals surface area contributed by atoms with Crippen LogP contribution >= 0.6 is 0 Å². The average molecular weight is 346 g/mol. The molecule has 0 radical (unpaired) electrons. The fourth-order valence-electron chi connectivity index (χ4n) is 2.17. The standard InChI is InChI=1S/C17H22N4O2S/c1-19-17(20-12-11-14-5-3-2-4-6-14)21-13-15-7-9-16(10-8-15)24(18,22)23/h2-10H,11-13H2,1H3,(H2,18,22,23)(H2,19,20,21). The Labute approximate surface area is 142 Å². The highest BCUT2D eigenvalue weighted by Gasteiger charge is 2.06. The second kappa shape index (κ2) is 8.47. The molecule has 128 valence electrons. The van der Waals surface area contributed by atoms with Crippen molar-refractivity contribution in [1.29, 1.82) is 0 Å². The van der Waals surface area contributed by atoms with Crippen LogP contribution in [0.25, 0.3) is 0 Å². The number of aliphatic imine (C=N–C) groups is 1. The third kappa shape index (κ3) is 5.68. The monoisotopic (exact) mass is 346 g/mol. The first-order valence-corrected chi connectivity index (χ1v) is 9.14. The number of nitrogens with one attached hydrogen (secondary N) is 2. The number of sulfonamides is 1. The van der Waals surface area contributed by atoms with E-state index in [1.54, 1.807) is 19.2 Å². The van der Waals surface area contributed by atoms with Crippen molar-refractivity contribution in [3.05, 3.63) is 65.7 Å². The van der Waals surface area contributed by atoms with E-state index in [2.05, 4.69) is 27.8 Å². The molecule has 0 heterocycles. The highest BCUT2D eigenvalue weighted by Crippen LogP contribution is 2.08. The van der Waals surface area contributed by atoms with Gasteiger partial charge in [-0.1, -0.05) is 42.5 Å². The molecule has 2 aromatic carbocycles. The molecule has 0 aromatic heterocycles. The van der Waals surface area contributed by atoms with E-state index in [1.165, 1.54) is 17.7 Å². The maximum Gasteiger partial charge on any atom is 0.238 e. The van der Waals surface area contributed by atoms with Gasteiger partial charge in [0.2, 0.25) is 10.0 Å². The van der Waals surface area contributed by atoms with Crippen LogP contribution < -0.4 is 15.8 Å². The first kappa shape index (κ1) is 18.0. The Hall–Kier alpha value is -2.38. The molecule has 0 saturated heterocycles. The molecule has 0 aliphatic carbocycles. The van der Waals surface area contributed by atoms with Crippen LogP contribution in [0.5, 0.6) is 0 Å². The van der Waals surface area contributed by atoms with Crippen LogP contribution in [0.4, 0.5) is 0 Å². The molecule has 24 heavy (non-hydrogen) atoms. The fourth-order valence-corrected chi connectivity index (χ4v) is 2.69. The lowest BCUT2D eigenvalue weighted by atomic mass is 10.1. The van der Waals surface area contributed by atoms with Crippen molar-refractivity contribution in [1.82, 2.24) is 10.6 Å². The van der Waals surface area contributed by atoms with Crippen molar-refractivity contribution in [2.45, 2.75) is 17.9 Å². The van der Waals surface area contributed by atoms with Crippen molar-refractivity contribution in [2.24, 2.45) is 10.1 Å². The zero-order valence-electron chi connectivity index (χ0n) is 13.6. The number of benzene rings is 2. The number of nitrogens with two attached hydrogens (primary N) is 1. The summed E-state index contributed by atoms with van der Waals surface area (Å²) in [4.78, 5) is 4.28. The smallest absolute Gasteiger partial charge is 0.238 e. The van der Waals surface area contributed by atoms with Gasteiger partial charge in [-0.3, -0.25) is 4.99 Å². The van der Waals surface area contributed by atoms with Crippen molar-refractivity contribution >= 4 is 16.0 Å². The topological polar surface area (TPSA) is 96.6 Å². The summed E-state index contributed by atoms with van der Waals surface area (Å²) in [5.74, 6) is 0.696. The largest absolute Gasteiger partial charge is 0.356 e. The summed E-state index contributed by atoms with van der Waals surface area (Å²) < 4.78 is 22.4. The molecule has 0 fully saturated rings. The predicted molar refractivity (Wildman–Crippen MR) is 96.2 cm³/mol. The fraction of sp³-hybridized carbons (Fsp3) is 0.235. The lowest BCUT2D eigenvalue weighted by Crippen LogP contribution is -2.37. The molecule has 0 aliphatic heterocycles. The van der Waals surface area contributed by atoms with E-state index in [0.717, 1.165) is 18.5 Å². The van der Waals surface area contributed by atoms with Gasteiger partial charge < -0.3 is 10.6 Å². The Kier molecular flexibility index (Phi) is 6.34. The van der Waals surface area contributed by atoms with E-state index >= 15 is 0 Å². The van der Waals surface area contributed by atoms with Gasteiger partial charge in [0, 0.05) is 20.1 Å². The van der Waals surface area contributed by atoms with Crippen LogP contribution in [-0.4, -0.2) is 28.0 Å². The van der Waals surface area contributed by atoms with Crippen LogP contribution in [0.15, 0.2) is 64.5 Å². The van der Waals surface area contributed by atoms with Gasteiger partial charge >= 0.3 is 0 Å². The number of primary sulfonamides is 1. The van der Waals surface area contributed by atoms with Crippen LogP contribution in [0.3, 0.4) is 0 Å². The lowest BCUT2D eigenvalue weighted by Gasteiger charge is -2.12. The van der Waals surface area contributed by atoms with Crippen LogP contribution in [0, 0.1) is 0 Å². The van der Waals surface area contributed by atoms with E-state index in [0.29, 0.717) is 12.5 Å². The van der Waals surface area contributed by atoms with E-state index in [1.807, 2.05) is 18.2 Å². The van der Waals surface area contributed by atoms with E-state index in [-0.39, 0.29) is 4.90 Å². The third-order valence-electron chi connectivity index (χ3n) is 3.48. The molecular formula is C17H22N4O2S. The predicted octanol–water partition coefficient (Wildman–Crippen LogP) is 1.24. The molecule has 0 bridgehead atoms. The number of nitrogens with zero attached hydrogens (tertiary/aromatic N) is 1. The van der Waals surface area contributed by atoms with Gasteiger partial charge in [0.25, 0.3) is 0 Å². The van der Waals surface area contributed by atoms with Gasteiger partial charge in [-0.25, -0.2) is 13.6 Å². The molecule has 2 rings (SSSR count). The maximum absolute atomic E-state index is 11.2. The highest BCUT2D eigenvalue weighted by molar-refractivity contribution is 7.89. The minimum Gasteiger partial charge on any atom is -0.356 e. The molecule has 0 aliphatic rings. The number of hydrogen-bond acceptors (Lipinski definition) is 3. The second-order valence-corrected chi connectivity index (χ2v) is 6.84. The molecule has 0 spiro atoms. The van der Waals surface area contributed by atoms with Gasteiger partial charge in [-0.15, -0.1) is 0 Å². The number of hydrogen-bond donors (Lipinski definition) is 3. The van der Waals surface area contributed by atoms with Gasteiger partial charge in [0.15, 0.2) is 5.96 Å². The SMILES string of the molecule is CN=C(NCCc1ccccc1)NCc1ccc(S(N)(=O)=O)cc1. The van der Waals surface area contributed by atoms with Crippen molar-refractivity contribution in [3.63, 3.8) is 0 Å². The lowest BCUT2D eigenvalue weighted by molar-refractivity contribution is 0.597. The Bertz CT molecular complexity index is 772. The molecule has 0 amide bonds. The normalized spacial score (nSPS) is 12.0. The first-order valence-electron chi connectivity index (χ1n) is 7.59. The zero-order chi connectivity index (χ0) is 17.4. The summed E-state index contributed by atoms with van der Waals surface area (Å²) >= 11 is 0. The molecule has 2 aromatic rings. The van der Waals surface area contributed by atoms with Crippen LogP contribution in [-0.2, 0) is 23.0 Å². The van der Waals surface area contributed by atoms with Gasteiger partial charge in [0.05, 0.1) is 4.90 Å². The maximum atomic E-state index is 11.2. The summed E-state index contributed by atoms with van der Waals surface area (Å²) in [6.45, 7) is 1.31. The zero-order valence-corrected chi connectivity index (χ0v) is 14.4. The quantitative estimate of drug-likeness (QED) is 0.542. The molecular weight excluding hydrogens is 324 g/mol. The molecule has 6 nitrogen and oxygen atoms in total. The van der Waals surface area contributed by atoms with E-state index in [9.17, 15) is 8.42 Å². The van der Waals surface area contributed by atoms with Gasteiger partial charge in [0.1, 0.15) is 0 Å². The van der Waals surface area contributed by atoms with Crippen molar-refractivity contribution in [2.75, 3.05) is 13.6 Å². The Morgan fingerprint density at radius 1 is 1.00 bits per heavy atom. The molecule has 4 N–H and O–H groups in total. The minimum absolute atomic E-state index is 0.108. The highest BCUT2D eigenvalue weighted by atomic mass is 32.2. The minimum atomic E-state index is -3.65. The third-order valence-corrected chi connectivity index (χ3v) is 4.41. The van der Waals surface area contributed by atoms with E-state index in [4.69, 9.17) is 5.14 Å².